The molecule has 0 spiro atoms. The van der Waals surface area contributed by atoms with Gasteiger partial charge in [0.1, 0.15) is 12.4 Å². The standard InChI is InChI=1S/C19H15BrN2O4/c1-13-19(22(23)24)18(26-21-13)10-8-14-7-9-17(16(20)11-14)25-12-15-5-3-2-4-6-15/h2-11H,12H2,1H3/b10-8-. The topological polar surface area (TPSA) is 78.4 Å². The van der Waals surface area contributed by atoms with Gasteiger partial charge in [0.25, 0.3) is 0 Å². The zero-order valence-electron chi connectivity index (χ0n) is 13.9. The minimum atomic E-state index is -0.498. The molecule has 0 unspecified atom stereocenters. The van der Waals surface area contributed by atoms with E-state index in [0.29, 0.717) is 12.4 Å². The highest BCUT2D eigenvalue weighted by atomic mass is 79.9. The van der Waals surface area contributed by atoms with Crippen molar-refractivity contribution in [2.75, 3.05) is 0 Å². The van der Waals surface area contributed by atoms with Crippen molar-refractivity contribution >= 4 is 33.8 Å². The number of aromatic nitrogens is 1. The third kappa shape index (κ3) is 4.18. The third-order valence-electron chi connectivity index (χ3n) is 3.66. The van der Waals surface area contributed by atoms with E-state index in [1.807, 2.05) is 48.5 Å². The molecule has 1 heterocycles. The van der Waals surface area contributed by atoms with Crippen LogP contribution in [0.5, 0.6) is 5.75 Å². The Balaban J connectivity index is 1.72. The van der Waals surface area contributed by atoms with Crippen LogP contribution in [-0.4, -0.2) is 10.1 Å². The minimum Gasteiger partial charge on any atom is -0.488 e. The third-order valence-corrected chi connectivity index (χ3v) is 4.28. The summed E-state index contributed by atoms with van der Waals surface area (Å²) in [6.07, 6.45) is 3.25. The lowest BCUT2D eigenvalue weighted by Crippen LogP contribution is -1.95. The predicted octanol–water partition coefficient (Wildman–Crippen LogP) is 5.40. The van der Waals surface area contributed by atoms with Gasteiger partial charge >= 0.3 is 5.69 Å². The molecule has 0 atom stereocenters. The summed E-state index contributed by atoms with van der Waals surface area (Å²) in [4.78, 5) is 10.6. The van der Waals surface area contributed by atoms with Crippen LogP contribution in [-0.2, 0) is 6.61 Å². The van der Waals surface area contributed by atoms with Crippen molar-refractivity contribution < 1.29 is 14.2 Å². The Bertz CT molecular complexity index is 951. The molecule has 132 valence electrons. The molecule has 0 bridgehead atoms. The smallest absolute Gasteiger partial charge is 0.338 e. The van der Waals surface area contributed by atoms with Crippen molar-refractivity contribution in [2.45, 2.75) is 13.5 Å². The lowest BCUT2D eigenvalue weighted by atomic mass is 10.2. The number of rotatable bonds is 6. The molecule has 0 amide bonds. The zero-order valence-corrected chi connectivity index (χ0v) is 15.5. The largest absolute Gasteiger partial charge is 0.488 e. The highest BCUT2D eigenvalue weighted by Crippen LogP contribution is 2.29. The quantitative estimate of drug-likeness (QED) is 0.398. The average Bonchev–Trinajstić information content (AvgIpc) is 3.01. The second-order valence-corrected chi connectivity index (χ2v) is 6.39. The Morgan fingerprint density at radius 1 is 1.23 bits per heavy atom. The van der Waals surface area contributed by atoms with Crippen LogP contribution in [0.2, 0.25) is 0 Å². The Morgan fingerprint density at radius 3 is 2.69 bits per heavy atom. The van der Waals surface area contributed by atoms with Crippen molar-refractivity contribution in [3.8, 4) is 5.75 Å². The molecule has 3 rings (SSSR count). The second kappa shape index (κ2) is 7.97. The molecule has 2 aromatic carbocycles. The predicted molar refractivity (Wildman–Crippen MR) is 102 cm³/mol. The van der Waals surface area contributed by atoms with E-state index >= 15 is 0 Å². The molecule has 7 heteroatoms. The molecule has 6 nitrogen and oxygen atoms in total. The van der Waals surface area contributed by atoms with Crippen molar-refractivity contribution in [2.24, 2.45) is 0 Å². The van der Waals surface area contributed by atoms with E-state index < -0.39 is 4.92 Å². The van der Waals surface area contributed by atoms with Gasteiger partial charge in [-0.05, 0) is 52.2 Å². The van der Waals surface area contributed by atoms with E-state index in [9.17, 15) is 10.1 Å². The van der Waals surface area contributed by atoms with Gasteiger partial charge in [-0.3, -0.25) is 10.1 Å². The van der Waals surface area contributed by atoms with Crippen LogP contribution in [0.25, 0.3) is 12.2 Å². The summed E-state index contributed by atoms with van der Waals surface area (Å²) in [5.41, 5.74) is 2.05. The molecule has 3 aromatic rings. The molecule has 0 saturated carbocycles. The van der Waals surface area contributed by atoms with Crippen LogP contribution in [0.1, 0.15) is 22.6 Å². The van der Waals surface area contributed by atoms with Crippen molar-refractivity contribution in [3.05, 3.63) is 85.7 Å². The van der Waals surface area contributed by atoms with Crippen molar-refractivity contribution in [3.63, 3.8) is 0 Å². The first kappa shape index (κ1) is 17.9. The number of benzene rings is 2. The van der Waals surface area contributed by atoms with E-state index in [1.54, 1.807) is 6.08 Å². The summed E-state index contributed by atoms with van der Waals surface area (Å²) in [5, 5.41) is 14.7. The molecule has 0 N–H and O–H groups in total. The summed E-state index contributed by atoms with van der Waals surface area (Å²) in [6, 6.07) is 15.4. The van der Waals surface area contributed by atoms with Crippen LogP contribution in [0.3, 0.4) is 0 Å². The molecule has 0 saturated heterocycles. The molecular weight excluding hydrogens is 400 g/mol. The van der Waals surface area contributed by atoms with E-state index in [2.05, 4.69) is 21.1 Å². The Morgan fingerprint density at radius 2 is 2.00 bits per heavy atom. The first-order valence-electron chi connectivity index (χ1n) is 7.79. The van der Waals surface area contributed by atoms with E-state index in [-0.39, 0.29) is 17.1 Å². The molecule has 0 fully saturated rings. The SMILES string of the molecule is Cc1noc(/C=C\c2ccc(OCc3ccccc3)c(Br)c2)c1[N+](=O)[O-]. The van der Waals surface area contributed by atoms with Gasteiger partial charge in [-0.1, -0.05) is 47.6 Å². The Kier molecular flexibility index (Phi) is 5.48. The zero-order chi connectivity index (χ0) is 18.5. The fourth-order valence-corrected chi connectivity index (χ4v) is 2.87. The molecule has 0 aliphatic heterocycles. The van der Waals surface area contributed by atoms with E-state index in [1.165, 1.54) is 13.0 Å². The lowest BCUT2D eigenvalue weighted by molar-refractivity contribution is -0.386. The van der Waals surface area contributed by atoms with Crippen LogP contribution in [0, 0.1) is 17.0 Å². The van der Waals surface area contributed by atoms with Gasteiger partial charge in [0.2, 0.25) is 5.76 Å². The van der Waals surface area contributed by atoms with Crippen molar-refractivity contribution in [1.29, 1.82) is 0 Å². The summed E-state index contributed by atoms with van der Waals surface area (Å²) < 4.78 is 11.6. The van der Waals surface area contributed by atoms with Crippen LogP contribution < -0.4 is 4.74 Å². The molecule has 1 aromatic heterocycles. The summed E-state index contributed by atoms with van der Waals surface area (Å²) in [7, 11) is 0. The molecular formula is C19H15BrN2O4. The lowest BCUT2D eigenvalue weighted by Gasteiger charge is -2.08. The highest BCUT2D eigenvalue weighted by Gasteiger charge is 2.21. The fraction of sp³-hybridized carbons (Fsp3) is 0.105. The maximum absolute atomic E-state index is 11.1. The number of ether oxygens (including phenoxy) is 1. The van der Waals surface area contributed by atoms with Gasteiger partial charge in [-0.2, -0.15) is 0 Å². The monoisotopic (exact) mass is 414 g/mol. The summed E-state index contributed by atoms with van der Waals surface area (Å²) in [5.74, 6) is 0.834. The van der Waals surface area contributed by atoms with E-state index in [0.717, 1.165) is 15.6 Å². The molecule has 26 heavy (non-hydrogen) atoms. The van der Waals surface area contributed by atoms with Crippen LogP contribution in [0.15, 0.2) is 57.5 Å². The summed E-state index contributed by atoms with van der Waals surface area (Å²) >= 11 is 3.49. The van der Waals surface area contributed by atoms with Gasteiger partial charge in [-0.25, -0.2) is 0 Å². The fourth-order valence-electron chi connectivity index (χ4n) is 2.36. The van der Waals surface area contributed by atoms with Gasteiger partial charge < -0.3 is 9.26 Å². The number of hydrogen-bond acceptors (Lipinski definition) is 5. The Labute approximate surface area is 158 Å². The van der Waals surface area contributed by atoms with Crippen molar-refractivity contribution in [1.82, 2.24) is 5.16 Å². The highest BCUT2D eigenvalue weighted by molar-refractivity contribution is 9.10. The molecule has 0 radical (unpaired) electrons. The van der Waals surface area contributed by atoms with Crippen LogP contribution >= 0.6 is 15.9 Å². The first-order chi connectivity index (χ1) is 12.5. The average molecular weight is 415 g/mol. The second-order valence-electron chi connectivity index (χ2n) is 5.54. The van der Waals surface area contributed by atoms with Crippen LogP contribution in [0.4, 0.5) is 5.69 Å². The number of hydrogen-bond donors (Lipinski definition) is 0. The normalized spacial score (nSPS) is 11.0. The molecule has 0 aliphatic carbocycles. The van der Waals surface area contributed by atoms with Gasteiger partial charge in [0.05, 0.1) is 9.40 Å². The number of aryl methyl sites for hydroxylation is 1. The number of nitrogens with zero attached hydrogens (tertiary/aromatic N) is 2. The Hall–Kier alpha value is -2.93. The van der Waals surface area contributed by atoms with Gasteiger partial charge in [0, 0.05) is 0 Å². The number of nitro groups is 1. The number of halogens is 1. The van der Waals surface area contributed by atoms with E-state index in [4.69, 9.17) is 9.26 Å². The maximum Gasteiger partial charge on any atom is 0.338 e. The molecule has 0 aliphatic rings. The first-order valence-corrected chi connectivity index (χ1v) is 8.59. The van der Waals surface area contributed by atoms with Gasteiger partial charge in [0.15, 0.2) is 5.69 Å². The van der Waals surface area contributed by atoms with Gasteiger partial charge in [-0.15, -0.1) is 0 Å². The minimum absolute atomic E-state index is 0.119. The maximum atomic E-state index is 11.1. The summed E-state index contributed by atoms with van der Waals surface area (Å²) in [6.45, 7) is 2.01.